The standard InChI is InChI=1S/C10H16O5/c1-4-15-7-8(10(12)14-3)9(11)5-6-13-2/h7H,4-6H2,1-3H3/b8-7+. The van der Waals surface area contributed by atoms with E-state index in [9.17, 15) is 9.59 Å². The van der Waals surface area contributed by atoms with Gasteiger partial charge in [0.1, 0.15) is 11.8 Å². The molecule has 0 radical (unpaired) electrons. The van der Waals surface area contributed by atoms with Gasteiger partial charge in [0.05, 0.1) is 20.3 Å². The number of ether oxygens (including phenoxy) is 3. The van der Waals surface area contributed by atoms with E-state index in [0.717, 1.165) is 6.26 Å². The highest BCUT2D eigenvalue weighted by molar-refractivity contribution is 6.17. The molecular formula is C10H16O5. The van der Waals surface area contributed by atoms with Crippen LogP contribution in [0.15, 0.2) is 11.8 Å². The van der Waals surface area contributed by atoms with Crippen molar-refractivity contribution in [3.8, 4) is 0 Å². The van der Waals surface area contributed by atoms with Gasteiger partial charge in [-0.25, -0.2) is 4.79 Å². The predicted octanol–water partition coefficient (Wildman–Crippen LogP) is 0.685. The van der Waals surface area contributed by atoms with Gasteiger partial charge in [0.15, 0.2) is 5.78 Å². The van der Waals surface area contributed by atoms with Crippen molar-refractivity contribution >= 4 is 11.8 Å². The number of hydrogen-bond acceptors (Lipinski definition) is 5. The van der Waals surface area contributed by atoms with E-state index >= 15 is 0 Å². The van der Waals surface area contributed by atoms with Gasteiger partial charge in [-0.2, -0.15) is 0 Å². The van der Waals surface area contributed by atoms with Crippen molar-refractivity contribution in [3.05, 3.63) is 11.8 Å². The van der Waals surface area contributed by atoms with Crippen LogP contribution in [0.2, 0.25) is 0 Å². The van der Waals surface area contributed by atoms with Crippen LogP contribution in [0.4, 0.5) is 0 Å². The van der Waals surface area contributed by atoms with Crippen molar-refractivity contribution in [1.29, 1.82) is 0 Å². The van der Waals surface area contributed by atoms with Gasteiger partial charge in [-0.1, -0.05) is 0 Å². The van der Waals surface area contributed by atoms with E-state index in [0.29, 0.717) is 6.61 Å². The maximum Gasteiger partial charge on any atom is 0.344 e. The average Bonchev–Trinajstić information content (AvgIpc) is 2.26. The van der Waals surface area contributed by atoms with E-state index in [-0.39, 0.29) is 24.4 Å². The van der Waals surface area contributed by atoms with Gasteiger partial charge in [-0.15, -0.1) is 0 Å². The number of methoxy groups -OCH3 is 2. The Morgan fingerprint density at radius 2 is 1.93 bits per heavy atom. The molecule has 0 aromatic heterocycles. The van der Waals surface area contributed by atoms with Crippen LogP contribution >= 0.6 is 0 Å². The number of hydrogen-bond donors (Lipinski definition) is 0. The molecule has 0 unspecified atom stereocenters. The minimum absolute atomic E-state index is 0.0867. The molecule has 0 aromatic carbocycles. The number of esters is 1. The molecule has 0 fully saturated rings. The molecular weight excluding hydrogens is 200 g/mol. The van der Waals surface area contributed by atoms with Crippen LogP contribution in [-0.2, 0) is 23.8 Å². The Labute approximate surface area is 89.0 Å². The van der Waals surface area contributed by atoms with E-state index in [2.05, 4.69) is 4.74 Å². The number of Topliss-reactive ketones (excluding diaryl/α,β-unsaturated/α-hetero) is 1. The lowest BCUT2D eigenvalue weighted by atomic mass is 10.1. The highest BCUT2D eigenvalue weighted by atomic mass is 16.5. The first-order valence-electron chi connectivity index (χ1n) is 4.59. The molecule has 0 spiro atoms. The SMILES string of the molecule is CCO/C=C(\C(=O)CCOC)C(=O)OC. The van der Waals surface area contributed by atoms with Gasteiger partial charge in [0.25, 0.3) is 0 Å². The van der Waals surface area contributed by atoms with Crippen LogP contribution in [-0.4, -0.2) is 39.2 Å². The van der Waals surface area contributed by atoms with Crippen LogP contribution in [0.5, 0.6) is 0 Å². The molecule has 0 amide bonds. The number of carbonyl (C=O) groups excluding carboxylic acids is 2. The van der Waals surface area contributed by atoms with Gasteiger partial charge in [-0.3, -0.25) is 4.79 Å². The second-order valence-electron chi connectivity index (χ2n) is 2.64. The van der Waals surface area contributed by atoms with Crippen molar-refractivity contribution in [2.75, 3.05) is 27.4 Å². The summed E-state index contributed by atoms with van der Waals surface area (Å²) >= 11 is 0. The molecule has 0 rings (SSSR count). The van der Waals surface area contributed by atoms with Gasteiger partial charge >= 0.3 is 5.97 Å². The Kier molecular flexibility index (Phi) is 7.27. The molecule has 0 saturated heterocycles. The summed E-state index contributed by atoms with van der Waals surface area (Å²) in [4.78, 5) is 22.7. The van der Waals surface area contributed by atoms with E-state index < -0.39 is 5.97 Å². The lowest BCUT2D eigenvalue weighted by molar-refractivity contribution is -0.138. The largest absolute Gasteiger partial charge is 0.500 e. The van der Waals surface area contributed by atoms with Crippen LogP contribution in [0, 0.1) is 0 Å². The summed E-state index contributed by atoms with van der Waals surface area (Å²) in [5, 5.41) is 0. The fraction of sp³-hybridized carbons (Fsp3) is 0.600. The molecule has 5 heteroatoms. The van der Waals surface area contributed by atoms with Gasteiger partial charge in [-0.05, 0) is 6.92 Å². The van der Waals surface area contributed by atoms with Crippen LogP contribution in [0.3, 0.4) is 0 Å². The molecule has 0 aromatic rings. The molecule has 0 bridgehead atoms. The molecule has 0 atom stereocenters. The molecule has 0 aliphatic heterocycles. The summed E-state index contributed by atoms with van der Waals surface area (Å²) in [6.07, 6.45) is 1.26. The Balaban J connectivity index is 4.48. The maximum atomic E-state index is 11.5. The zero-order chi connectivity index (χ0) is 11.7. The smallest absolute Gasteiger partial charge is 0.344 e. The number of rotatable bonds is 7. The summed E-state index contributed by atoms with van der Waals surface area (Å²) in [5.41, 5.74) is -0.0867. The van der Waals surface area contributed by atoms with Crippen molar-refractivity contribution < 1.29 is 23.8 Å². The van der Waals surface area contributed by atoms with E-state index in [1.165, 1.54) is 14.2 Å². The molecule has 0 heterocycles. The van der Waals surface area contributed by atoms with Crippen molar-refractivity contribution in [2.24, 2.45) is 0 Å². The Morgan fingerprint density at radius 3 is 2.40 bits per heavy atom. The first-order chi connectivity index (χ1) is 7.17. The van der Waals surface area contributed by atoms with E-state index in [1.807, 2.05) is 0 Å². The summed E-state index contributed by atoms with van der Waals surface area (Å²) in [5.74, 6) is -1.04. The third kappa shape index (κ3) is 5.17. The summed E-state index contributed by atoms with van der Waals surface area (Å²) in [7, 11) is 2.70. The third-order valence-corrected chi connectivity index (χ3v) is 1.61. The molecule has 5 nitrogen and oxygen atoms in total. The van der Waals surface area contributed by atoms with E-state index in [1.54, 1.807) is 6.92 Å². The summed E-state index contributed by atoms with van der Waals surface area (Å²) in [6, 6.07) is 0. The molecule has 0 aliphatic carbocycles. The molecule has 86 valence electrons. The monoisotopic (exact) mass is 216 g/mol. The quantitative estimate of drug-likeness (QED) is 0.206. The lowest BCUT2D eigenvalue weighted by Gasteiger charge is -2.04. The summed E-state index contributed by atoms with van der Waals surface area (Å²) < 4.78 is 14.1. The first kappa shape index (κ1) is 13.6. The predicted molar refractivity (Wildman–Crippen MR) is 53.2 cm³/mol. The molecule has 0 N–H and O–H groups in total. The first-order valence-corrected chi connectivity index (χ1v) is 4.59. The summed E-state index contributed by atoms with van der Waals surface area (Å²) in [6.45, 7) is 2.41. The number of ketones is 1. The zero-order valence-corrected chi connectivity index (χ0v) is 9.24. The van der Waals surface area contributed by atoms with Gasteiger partial charge in [0.2, 0.25) is 0 Å². The Morgan fingerprint density at radius 1 is 1.27 bits per heavy atom. The number of carbonyl (C=O) groups is 2. The fourth-order valence-corrected chi connectivity index (χ4v) is 0.834. The van der Waals surface area contributed by atoms with Gasteiger partial charge < -0.3 is 14.2 Å². The topological polar surface area (TPSA) is 61.8 Å². The van der Waals surface area contributed by atoms with Crippen LogP contribution in [0.1, 0.15) is 13.3 Å². The molecule has 0 aliphatic rings. The van der Waals surface area contributed by atoms with E-state index in [4.69, 9.17) is 9.47 Å². The maximum absolute atomic E-state index is 11.5. The third-order valence-electron chi connectivity index (χ3n) is 1.61. The van der Waals surface area contributed by atoms with Crippen molar-refractivity contribution in [2.45, 2.75) is 13.3 Å². The Bertz CT molecular complexity index is 244. The zero-order valence-electron chi connectivity index (χ0n) is 9.24. The van der Waals surface area contributed by atoms with Crippen LogP contribution in [0.25, 0.3) is 0 Å². The van der Waals surface area contributed by atoms with Crippen molar-refractivity contribution in [1.82, 2.24) is 0 Å². The molecule has 0 saturated carbocycles. The second-order valence-corrected chi connectivity index (χ2v) is 2.64. The normalized spacial score (nSPS) is 11.0. The Hall–Kier alpha value is -1.36. The minimum atomic E-state index is -0.690. The van der Waals surface area contributed by atoms with Gasteiger partial charge in [0, 0.05) is 13.5 Å². The van der Waals surface area contributed by atoms with Crippen LogP contribution < -0.4 is 0 Å². The highest BCUT2D eigenvalue weighted by Gasteiger charge is 2.18. The van der Waals surface area contributed by atoms with Crippen molar-refractivity contribution in [3.63, 3.8) is 0 Å². The fourth-order valence-electron chi connectivity index (χ4n) is 0.834. The average molecular weight is 216 g/mol. The second kappa shape index (κ2) is 7.99. The molecule has 15 heavy (non-hydrogen) atoms. The minimum Gasteiger partial charge on any atom is -0.500 e. The highest BCUT2D eigenvalue weighted by Crippen LogP contribution is 2.03. The lowest BCUT2D eigenvalue weighted by Crippen LogP contribution is -2.16.